The summed E-state index contributed by atoms with van der Waals surface area (Å²) in [4.78, 5) is 0. The van der Waals surface area contributed by atoms with Gasteiger partial charge in [0.1, 0.15) is 5.75 Å². The SMILES string of the molecule is CCOc1ccc(-c2cccc(C(C)N)c2)cc1.Cl. The van der Waals surface area contributed by atoms with Crippen LogP contribution in [-0.4, -0.2) is 6.61 Å². The molecule has 0 fully saturated rings. The minimum atomic E-state index is 0. The Morgan fingerprint density at radius 2 is 1.74 bits per heavy atom. The number of rotatable bonds is 4. The molecule has 102 valence electrons. The fourth-order valence-electron chi connectivity index (χ4n) is 1.91. The maximum Gasteiger partial charge on any atom is 0.119 e. The third-order valence-electron chi connectivity index (χ3n) is 2.91. The Kier molecular flexibility index (Phi) is 5.87. The van der Waals surface area contributed by atoms with Crippen LogP contribution in [0.25, 0.3) is 11.1 Å². The molecule has 0 saturated heterocycles. The van der Waals surface area contributed by atoms with Crippen molar-refractivity contribution in [3.8, 4) is 16.9 Å². The second-order valence-electron chi connectivity index (χ2n) is 4.37. The summed E-state index contributed by atoms with van der Waals surface area (Å²) in [5.74, 6) is 0.907. The maximum atomic E-state index is 5.90. The van der Waals surface area contributed by atoms with Crippen LogP contribution in [0.2, 0.25) is 0 Å². The molecule has 19 heavy (non-hydrogen) atoms. The average molecular weight is 278 g/mol. The van der Waals surface area contributed by atoms with Crippen molar-refractivity contribution in [2.45, 2.75) is 19.9 Å². The highest BCUT2D eigenvalue weighted by molar-refractivity contribution is 5.85. The van der Waals surface area contributed by atoms with E-state index in [0.29, 0.717) is 6.61 Å². The lowest BCUT2D eigenvalue weighted by atomic mass is 10.0. The van der Waals surface area contributed by atoms with Crippen molar-refractivity contribution < 1.29 is 4.74 Å². The first-order valence-electron chi connectivity index (χ1n) is 6.29. The lowest BCUT2D eigenvalue weighted by molar-refractivity contribution is 0.340. The quantitative estimate of drug-likeness (QED) is 0.909. The van der Waals surface area contributed by atoms with Gasteiger partial charge in [0.2, 0.25) is 0 Å². The normalized spacial score (nSPS) is 11.5. The van der Waals surface area contributed by atoms with E-state index in [0.717, 1.165) is 11.3 Å². The van der Waals surface area contributed by atoms with E-state index in [1.54, 1.807) is 0 Å². The highest BCUT2D eigenvalue weighted by Crippen LogP contribution is 2.24. The number of halogens is 1. The van der Waals surface area contributed by atoms with E-state index < -0.39 is 0 Å². The molecule has 2 rings (SSSR count). The van der Waals surface area contributed by atoms with Gasteiger partial charge in [-0.1, -0.05) is 30.3 Å². The Labute approximate surface area is 121 Å². The first kappa shape index (κ1) is 15.5. The monoisotopic (exact) mass is 277 g/mol. The molecule has 0 aliphatic carbocycles. The smallest absolute Gasteiger partial charge is 0.119 e. The second kappa shape index (κ2) is 7.17. The summed E-state index contributed by atoms with van der Waals surface area (Å²) in [7, 11) is 0. The first-order chi connectivity index (χ1) is 8.70. The van der Waals surface area contributed by atoms with E-state index in [-0.39, 0.29) is 18.4 Å². The predicted molar refractivity (Wildman–Crippen MR) is 82.9 cm³/mol. The molecule has 0 bridgehead atoms. The zero-order valence-corrected chi connectivity index (χ0v) is 12.1. The van der Waals surface area contributed by atoms with Gasteiger partial charge in [0.15, 0.2) is 0 Å². The van der Waals surface area contributed by atoms with Crippen LogP contribution in [0.5, 0.6) is 5.75 Å². The van der Waals surface area contributed by atoms with Crippen molar-refractivity contribution in [1.29, 1.82) is 0 Å². The Balaban J connectivity index is 0.00000180. The highest BCUT2D eigenvalue weighted by Gasteiger charge is 2.02. The minimum Gasteiger partial charge on any atom is -0.494 e. The van der Waals surface area contributed by atoms with Gasteiger partial charge >= 0.3 is 0 Å². The van der Waals surface area contributed by atoms with Gasteiger partial charge in [0.25, 0.3) is 0 Å². The summed E-state index contributed by atoms with van der Waals surface area (Å²) in [5.41, 5.74) is 9.43. The molecule has 0 spiro atoms. The maximum absolute atomic E-state index is 5.90. The van der Waals surface area contributed by atoms with Crippen LogP contribution in [0.3, 0.4) is 0 Å². The second-order valence-corrected chi connectivity index (χ2v) is 4.37. The Morgan fingerprint density at radius 1 is 1.05 bits per heavy atom. The van der Waals surface area contributed by atoms with Crippen molar-refractivity contribution in [2.75, 3.05) is 6.61 Å². The molecule has 0 heterocycles. The summed E-state index contributed by atoms with van der Waals surface area (Å²) >= 11 is 0. The van der Waals surface area contributed by atoms with Crippen LogP contribution in [0.15, 0.2) is 48.5 Å². The highest BCUT2D eigenvalue weighted by atomic mass is 35.5. The number of nitrogens with two attached hydrogens (primary N) is 1. The van der Waals surface area contributed by atoms with Crippen LogP contribution >= 0.6 is 12.4 Å². The topological polar surface area (TPSA) is 35.2 Å². The largest absolute Gasteiger partial charge is 0.494 e. The molecule has 1 atom stereocenters. The lowest BCUT2D eigenvalue weighted by Crippen LogP contribution is -2.04. The standard InChI is InChI=1S/C16H19NO.ClH/c1-3-18-16-9-7-13(8-10-16)15-6-4-5-14(11-15)12(2)17;/h4-12H,3,17H2,1-2H3;1H. The van der Waals surface area contributed by atoms with E-state index in [4.69, 9.17) is 10.5 Å². The summed E-state index contributed by atoms with van der Waals surface area (Å²) in [6.45, 7) is 4.68. The van der Waals surface area contributed by atoms with Crippen molar-refractivity contribution in [3.05, 3.63) is 54.1 Å². The molecule has 0 radical (unpaired) electrons. The molecular weight excluding hydrogens is 258 g/mol. The number of hydrogen-bond donors (Lipinski definition) is 1. The predicted octanol–water partition coefficient (Wildman–Crippen LogP) is 4.19. The fraction of sp³-hybridized carbons (Fsp3) is 0.250. The van der Waals surface area contributed by atoms with Gasteiger partial charge in [0, 0.05) is 6.04 Å². The molecule has 0 amide bonds. The zero-order valence-electron chi connectivity index (χ0n) is 11.3. The minimum absolute atomic E-state index is 0. The van der Waals surface area contributed by atoms with Crippen LogP contribution in [0, 0.1) is 0 Å². The molecule has 0 saturated carbocycles. The fourth-order valence-corrected chi connectivity index (χ4v) is 1.91. The molecule has 2 nitrogen and oxygen atoms in total. The van der Waals surface area contributed by atoms with E-state index in [1.165, 1.54) is 11.1 Å². The summed E-state index contributed by atoms with van der Waals surface area (Å²) in [6.07, 6.45) is 0. The van der Waals surface area contributed by atoms with E-state index >= 15 is 0 Å². The molecule has 1 unspecified atom stereocenters. The van der Waals surface area contributed by atoms with Crippen LogP contribution in [-0.2, 0) is 0 Å². The van der Waals surface area contributed by atoms with Gasteiger partial charge in [0.05, 0.1) is 6.61 Å². The zero-order chi connectivity index (χ0) is 13.0. The van der Waals surface area contributed by atoms with E-state index in [9.17, 15) is 0 Å². The summed E-state index contributed by atoms with van der Waals surface area (Å²) in [5, 5.41) is 0. The van der Waals surface area contributed by atoms with Gasteiger partial charge in [-0.15, -0.1) is 12.4 Å². The lowest BCUT2D eigenvalue weighted by Gasteiger charge is -2.09. The van der Waals surface area contributed by atoms with Gasteiger partial charge in [-0.3, -0.25) is 0 Å². The third-order valence-corrected chi connectivity index (χ3v) is 2.91. The molecule has 0 aromatic heterocycles. The number of ether oxygens (including phenoxy) is 1. The van der Waals surface area contributed by atoms with Crippen LogP contribution in [0.4, 0.5) is 0 Å². The van der Waals surface area contributed by atoms with Crippen molar-refractivity contribution in [2.24, 2.45) is 5.73 Å². The van der Waals surface area contributed by atoms with Crippen LogP contribution in [0.1, 0.15) is 25.5 Å². The molecule has 2 N–H and O–H groups in total. The van der Waals surface area contributed by atoms with E-state index in [2.05, 4.69) is 30.3 Å². The van der Waals surface area contributed by atoms with Crippen molar-refractivity contribution >= 4 is 12.4 Å². The molecular formula is C16H20ClNO. The molecule has 2 aromatic carbocycles. The number of hydrogen-bond acceptors (Lipinski definition) is 2. The molecule has 3 heteroatoms. The first-order valence-corrected chi connectivity index (χ1v) is 6.29. The Bertz CT molecular complexity index is 508. The number of benzene rings is 2. The Morgan fingerprint density at radius 3 is 2.32 bits per heavy atom. The molecule has 0 aliphatic heterocycles. The van der Waals surface area contributed by atoms with Crippen molar-refractivity contribution in [3.63, 3.8) is 0 Å². The van der Waals surface area contributed by atoms with Crippen LogP contribution < -0.4 is 10.5 Å². The molecule has 2 aromatic rings. The average Bonchev–Trinajstić information content (AvgIpc) is 2.40. The van der Waals surface area contributed by atoms with Gasteiger partial charge < -0.3 is 10.5 Å². The van der Waals surface area contributed by atoms with Crippen molar-refractivity contribution in [1.82, 2.24) is 0 Å². The summed E-state index contributed by atoms with van der Waals surface area (Å²) < 4.78 is 5.44. The third kappa shape index (κ3) is 3.98. The Hall–Kier alpha value is -1.51. The molecule has 0 aliphatic rings. The van der Waals surface area contributed by atoms with Gasteiger partial charge in [-0.2, -0.15) is 0 Å². The van der Waals surface area contributed by atoms with E-state index in [1.807, 2.05) is 32.0 Å². The summed E-state index contributed by atoms with van der Waals surface area (Å²) in [6, 6.07) is 16.5. The van der Waals surface area contributed by atoms with Gasteiger partial charge in [-0.05, 0) is 48.7 Å². The van der Waals surface area contributed by atoms with Gasteiger partial charge in [-0.25, -0.2) is 0 Å².